The SMILES string of the molecule is CC(NC(=O)C(C)C(N)c1ccccc1)c1cccc(N2CCCC2=O)c1. The molecule has 0 aromatic heterocycles. The lowest BCUT2D eigenvalue weighted by molar-refractivity contribution is -0.125. The number of nitrogens with two attached hydrogens (primary N) is 1. The van der Waals surface area contributed by atoms with E-state index in [4.69, 9.17) is 5.73 Å². The number of amides is 2. The van der Waals surface area contributed by atoms with E-state index in [0.29, 0.717) is 6.42 Å². The van der Waals surface area contributed by atoms with Crippen LogP contribution in [0.2, 0.25) is 0 Å². The first-order valence-corrected chi connectivity index (χ1v) is 9.48. The van der Waals surface area contributed by atoms with Gasteiger partial charge in [0.2, 0.25) is 11.8 Å². The lowest BCUT2D eigenvalue weighted by Crippen LogP contribution is -2.37. The van der Waals surface area contributed by atoms with Crippen LogP contribution in [0.1, 0.15) is 49.9 Å². The Balaban J connectivity index is 1.67. The Morgan fingerprint density at radius 2 is 1.78 bits per heavy atom. The van der Waals surface area contributed by atoms with E-state index in [-0.39, 0.29) is 29.8 Å². The standard InChI is InChI=1S/C22H27N3O2/c1-15(21(23)17-8-4-3-5-9-17)22(27)24-16(2)18-10-6-11-19(14-18)25-13-7-12-20(25)26/h3-6,8-11,14-16,21H,7,12-13,23H2,1-2H3,(H,24,27). The van der Waals surface area contributed by atoms with Crippen LogP contribution in [0.4, 0.5) is 5.69 Å². The lowest BCUT2D eigenvalue weighted by Gasteiger charge is -2.23. The molecule has 1 saturated heterocycles. The molecule has 5 heteroatoms. The van der Waals surface area contributed by atoms with Gasteiger partial charge in [-0.3, -0.25) is 9.59 Å². The molecule has 27 heavy (non-hydrogen) atoms. The largest absolute Gasteiger partial charge is 0.349 e. The minimum Gasteiger partial charge on any atom is -0.349 e. The lowest BCUT2D eigenvalue weighted by atomic mass is 9.94. The van der Waals surface area contributed by atoms with Crippen LogP contribution in [0.15, 0.2) is 54.6 Å². The first-order chi connectivity index (χ1) is 13.0. The molecule has 1 aliphatic rings. The van der Waals surface area contributed by atoms with Gasteiger partial charge in [0.25, 0.3) is 0 Å². The zero-order chi connectivity index (χ0) is 19.4. The second-order valence-electron chi connectivity index (χ2n) is 7.20. The summed E-state index contributed by atoms with van der Waals surface area (Å²) in [6, 6.07) is 17.0. The summed E-state index contributed by atoms with van der Waals surface area (Å²) in [5.74, 6) is -0.272. The molecule has 0 saturated carbocycles. The molecule has 3 N–H and O–H groups in total. The Bertz CT molecular complexity index is 806. The summed E-state index contributed by atoms with van der Waals surface area (Å²) in [5, 5.41) is 3.05. The average Bonchev–Trinajstić information content (AvgIpc) is 3.13. The quantitative estimate of drug-likeness (QED) is 0.824. The summed E-state index contributed by atoms with van der Waals surface area (Å²) >= 11 is 0. The van der Waals surface area contributed by atoms with E-state index in [1.54, 1.807) is 0 Å². The summed E-state index contributed by atoms with van der Waals surface area (Å²) in [6.45, 7) is 4.55. The Morgan fingerprint density at radius 3 is 2.44 bits per heavy atom. The van der Waals surface area contributed by atoms with Gasteiger partial charge in [-0.15, -0.1) is 0 Å². The Morgan fingerprint density at radius 1 is 1.07 bits per heavy atom. The van der Waals surface area contributed by atoms with Gasteiger partial charge in [-0.2, -0.15) is 0 Å². The highest BCUT2D eigenvalue weighted by Crippen LogP contribution is 2.25. The Labute approximate surface area is 160 Å². The van der Waals surface area contributed by atoms with E-state index in [1.165, 1.54) is 0 Å². The van der Waals surface area contributed by atoms with Gasteiger partial charge in [-0.25, -0.2) is 0 Å². The van der Waals surface area contributed by atoms with E-state index in [2.05, 4.69) is 5.32 Å². The summed E-state index contributed by atoms with van der Waals surface area (Å²) in [4.78, 5) is 26.5. The van der Waals surface area contributed by atoms with Crippen LogP contribution >= 0.6 is 0 Å². The highest BCUT2D eigenvalue weighted by atomic mass is 16.2. The summed E-state index contributed by atoms with van der Waals surface area (Å²) in [7, 11) is 0. The van der Waals surface area contributed by atoms with Gasteiger partial charge >= 0.3 is 0 Å². The van der Waals surface area contributed by atoms with Crippen molar-refractivity contribution in [2.45, 2.75) is 38.8 Å². The topological polar surface area (TPSA) is 75.4 Å². The van der Waals surface area contributed by atoms with Crippen molar-refractivity contribution < 1.29 is 9.59 Å². The Hall–Kier alpha value is -2.66. The molecule has 1 aliphatic heterocycles. The summed E-state index contributed by atoms with van der Waals surface area (Å²) in [5.41, 5.74) is 9.08. The predicted octanol–water partition coefficient (Wildman–Crippen LogP) is 3.33. The van der Waals surface area contributed by atoms with Gasteiger partial charge in [-0.1, -0.05) is 49.4 Å². The molecule has 1 fully saturated rings. The second-order valence-corrected chi connectivity index (χ2v) is 7.20. The maximum Gasteiger partial charge on any atom is 0.227 e. The van der Waals surface area contributed by atoms with Crippen LogP contribution < -0.4 is 16.0 Å². The van der Waals surface area contributed by atoms with Crippen molar-refractivity contribution in [3.63, 3.8) is 0 Å². The van der Waals surface area contributed by atoms with Crippen molar-refractivity contribution in [1.82, 2.24) is 5.32 Å². The predicted molar refractivity (Wildman–Crippen MR) is 107 cm³/mol. The van der Waals surface area contributed by atoms with Crippen LogP contribution in [0.5, 0.6) is 0 Å². The van der Waals surface area contributed by atoms with E-state index in [9.17, 15) is 9.59 Å². The van der Waals surface area contributed by atoms with Crippen LogP contribution in [0, 0.1) is 5.92 Å². The van der Waals surface area contributed by atoms with E-state index < -0.39 is 0 Å². The number of nitrogens with zero attached hydrogens (tertiary/aromatic N) is 1. The molecule has 3 unspecified atom stereocenters. The smallest absolute Gasteiger partial charge is 0.227 e. The third-order valence-corrected chi connectivity index (χ3v) is 5.25. The van der Waals surface area contributed by atoms with Crippen LogP contribution in [-0.2, 0) is 9.59 Å². The fourth-order valence-electron chi connectivity index (χ4n) is 3.44. The van der Waals surface area contributed by atoms with Crippen molar-refractivity contribution >= 4 is 17.5 Å². The molecule has 2 aromatic rings. The van der Waals surface area contributed by atoms with Crippen molar-refractivity contribution in [2.24, 2.45) is 11.7 Å². The van der Waals surface area contributed by atoms with Crippen molar-refractivity contribution in [2.75, 3.05) is 11.4 Å². The molecule has 0 bridgehead atoms. The van der Waals surface area contributed by atoms with Gasteiger partial charge in [0.05, 0.1) is 12.0 Å². The summed E-state index contributed by atoms with van der Waals surface area (Å²) in [6.07, 6.45) is 1.50. The number of nitrogens with one attached hydrogen (secondary N) is 1. The first-order valence-electron chi connectivity index (χ1n) is 9.48. The molecule has 3 rings (SSSR count). The molecule has 142 valence electrons. The second kappa shape index (κ2) is 8.35. The highest BCUT2D eigenvalue weighted by Gasteiger charge is 2.25. The monoisotopic (exact) mass is 365 g/mol. The van der Waals surface area contributed by atoms with Crippen molar-refractivity contribution in [1.29, 1.82) is 0 Å². The minimum atomic E-state index is -0.355. The van der Waals surface area contributed by atoms with Gasteiger partial charge in [-0.05, 0) is 36.6 Å². The van der Waals surface area contributed by atoms with E-state index in [0.717, 1.165) is 29.8 Å². The zero-order valence-corrected chi connectivity index (χ0v) is 15.9. The van der Waals surface area contributed by atoms with E-state index >= 15 is 0 Å². The number of carbonyl (C=O) groups is 2. The molecule has 2 amide bonds. The third-order valence-electron chi connectivity index (χ3n) is 5.25. The molecular formula is C22H27N3O2. The van der Waals surface area contributed by atoms with Gasteiger partial charge in [0.1, 0.15) is 0 Å². The summed E-state index contributed by atoms with van der Waals surface area (Å²) < 4.78 is 0. The van der Waals surface area contributed by atoms with Crippen LogP contribution in [0.3, 0.4) is 0 Å². The highest BCUT2D eigenvalue weighted by molar-refractivity contribution is 5.95. The normalized spacial score (nSPS) is 17.4. The maximum absolute atomic E-state index is 12.7. The number of rotatable bonds is 6. The molecule has 0 aliphatic carbocycles. The average molecular weight is 365 g/mol. The molecule has 3 atom stereocenters. The fourth-order valence-corrected chi connectivity index (χ4v) is 3.44. The number of hydrogen-bond donors (Lipinski definition) is 2. The number of carbonyl (C=O) groups excluding carboxylic acids is 2. The molecule has 0 radical (unpaired) electrons. The molecule has 1 heterocycles. The zero-order valence-electron chi connectivity index (χ0n) is 15.9. The Kier molecular flexibility index (Phi) is 5.91. The van der Waals surface area contributed by atoms with Gasteiger partial charge in [0.15, 0.2) is 0 Å². The maximum atomic E-state index is 12.7. The number of benzene rings is 2. The van der Waals surface area contributed by atoms with Gasteiger partial charge in [0, 0.05) is 24.7 Å². The molecule has 5 nitrogen and oxygen atoms in total. The molecule has 0 spiro atoms. The number of hydrogen-bond acceptors (Lipinski definition) is 3. The van der Waals surface area contributed by atoms with Crippen LogP contribution in [0.25, 0.3) is 0 Å². The van der Waals surface area contributed by atoms with Crippen molar-refractivity contribution in [3.8, 4) is 0 Å². The van der Waals surface area contributed by atoms with E-state index in [1.807, 2.05) is 73.3 Å². The number of anilines is 1. The molecule has 2 aromatic carbocycles. The first kappa shape index (κ1) is 19.1. The third kappa shape index (κ3) is 4.37. The minimum absolute atomic E-state index is 0.0819. The van der Waals surface area contributed by atoms with Crippen molar-refractivity contribution in [3.05, 3.63) is 65.7 Å². The molecular weight excluding hydrogens is 338 g/mol. The van der Waals surface area contributed by atoms with Crippen LogP contribution in [-0.4, -0.2) is 18.4 Å². The fraction of sp³-hybridized carbons (Fsp3) is 0.364. The van der Waals surface area contributed by atoms with Gasteiger partial charge < -0.3 is 16.0 Å².